The number of aryl methyl sites for hydroxylation is 1. The van der Waals surface area contributed by atoms with Crippen LogP contribution in [0.1, 0.15) is 5.56 Å². The number of piperazine rings is 1. The summed E-state index contributed by atoms with van der Waals surface area (Å²) in [7, 11) is 4.00. The topological polar surface area (TPSA) is 92.1 Å². The molecule has 4 aromatic rings. The van der Waals surface area contributed by atoms with Gasteiger partial charge in [0.2, 0.25) is 5.91 Å². The van der Waals surface area contributed by atoms with Crippen molar-refractivity contribution in [2.45, 2.75) is 6.42 Å². The summed E-state index contributed by atoms with van der Waals surface area (Å²) in [4.78, 5) is 30.7. The van der Waals surface area contributed by atoms with Gasteiger partial charge >= 0.3 is 0 Å². The van der Waals surface area contributed by atoms with Crippen LogP contribution in [0.5, 0.6) is 0 Å². The molecule has 0 aromatic carbocycles. The SMILES string of the molecule is CN1CCN(c2cc(CC(=O)Nc3cc4cc(-c5cnn(C)c5)ncc4cn3)ccn2)CC1. The lowest BCUT2D eigenvalue weighted by Crippen LogP contribution is -2.44. The van der Waals surface area contributed by atoms with E-state index in [1.807, 2.05) is 37.5 Å². The first-order valence-electron chi connectivity index (χ1n) is 11.0. The summed E-state index contributed by atoms with van der Waals surface area (Å²) < 4.78 is 1.74. The number of rotatable bonds is 5. The van der Waals surface area contributed by atoms with Gasteiger partial charge in [0.1, 0.15) is 11.6 Å². The molecule has 0 spiro atoms. The highest BCUT2D eigenvalue weighted by molar-refractivity contribution is 5.94. The van der Waals surface area contributed by atoms with Crippen LogP contribution in [-0.4, -0.2) is 68.8 Å². The Kier molecular flexibility index (Phi) is 5.70. The van der Waals surface area contributed by atoms with Crippen molar-refractivity contribution in [3.05, 3.63) is 60.8 Å². The maximum atomic E-state index is 12.7. The van der Waals surface area contributed by atoms with Crippen LogP contribution in [-0.2, 0) is 18.3 Å². The van der Waals surface area contributed by atoms with E-state index in [1.54, 1.807) is 29.5 Å². The molecule has 1 aliphatic heterocycles. The summed E-state index contributed by atoms with van der Waals surface area (Å²) in [6.45, 7) is 3.90. The first-order valence-corrected chi connectivity index (χ1v) is 11.0. The fourth-order valence-corrected chi connectivity index (χ4v) is 3.97. The Hall–Kier alpha value is -3.85. The fraction of sp³-hybridized carbons (Fsp3) is 0.292. The molecule has 0 atom stereocenters. The van der Waals surface area contributed by atoms with Crippen LogP contribution in [0.3, 0.4) is 0 Å². The van der Waals surface area contributed by atoms with Gasteiger partial charge in [-0.05, 0) is 42.3 Å². The van der Waals surface area contributed by atoms with Crippen molar-refractivity contribution in [1.82, 2.24) is 29.6 Å². The zero-order valence-corrected chi connectivity index (χ0v) is 18.8. The number of nitrogens with one attached hydrogen (secondary N) is 1. The van der Waals surface area contributed by atoms with Gasteiger partial charge in [-0.1, -0.05) is 0 Å². The van der Waals surface area contributed by atoms with E-state index in [2.05, 4.69) is 42.2 Å². The summed E-state index contributed by atoms with van der Waals surface area (Å²) in [5, 5.41) is 8.99. The number of pyridine rings is 3. The monoisotopic (exact) mass is 442 g/mol. The van der Waals surface area contributed by atoms with Gasteiger partial charge in [-0.25, -0.2) is 9.97 Å². The number of hydrogen-bond acceptors (Lipinski definition) is 7. The molecule has 9 heteroatoms. The fourth-order valence-electron chi connectivity index (χ4n) is 3.97. The number of amides is 1. The second-order valence-corrected chi connectivity index (χ2v) is 8.43. The first-order chi connectivity index (χ1) is 16.0. The van der Waals surface area contributed by atoms with Crippen LogP contribution in [0.25, 0.3) is 22.0 Å². The smallest absolute Gasteiger partial charge is 0.229 e. The molecule has 1 amide bonds. The zero-order valence-electron chi connectivity index (χ0n) is 18.8. The van der Waals surface area contributed by atoms with Crippen molar-refractivity contribution in [3.63, 3.8) is 0 Å². The molecule has 1 fully saturated rings. The van der Waals surface area contributed by atoms with Crippen molar-refractivity contribution in [2.75, 3.05) is 43.4 Å². The van der Waals surface area contributed by atoms with E-state index < -0.39 is 0 Å². The summed E-state index contributed by atoms with van der Waals surface area (Å²) in [6.07, 6.45) is 9.25. The highest BCUT2D eigenvalue weighted by Gasteiger charge is 2.16. The van der Waals surface area contributed by atoms with E-state index in [4.69, 9.17) is 0 Å². The lowest BCUT2D eigenvalue weighted by molar-refractivity contribution is -0.115. The molecule has 5 heterocycles. The van der Waals surface area contributed by atoms with Crippen molar-refractivity contribution in [2.24, 2.45) is 7.05 Å². The van der Waals surface area contributed by atoms with Gasteiger partial charge in [0, 0.05) is 69.0 Å². The van der Waals surface area contributed by atoms with E-state index in [1.165, 1.54) is 0 Å². The second-order valence-electron chi connectivity index (χ2n) is 8.43. The van der Waals surface area contributed by atoms with Gasteiger partial charge in [0.25, 0.3) is 0 Å². The molecule has 0 radical (unpaired) electrons. The lowest BCUT2D eigenvalue weighted by Gasteiger charge is -2.33. The molecular formula is C24H26N8O. The van der Waals surface area contributed by atoms with Crippen LogP contribution in [0.15, 0.2) is 55.2 Å². The highest BCUT2D eigenvalue weighted by Crippen LogP contribution is 2.23. The molecule has 1 saturated heterocycles. The minimum atomic E-state index is -0.112. The van der Waals surface area contributed by atoms with Gasteiger partial charge in [-0.2, -0.15) is 5.10 Å². The average molecular weight is 443 g/mol. The number of likely N-dealkylation sites (N-methyl/N-ethyl adjacent to an activating group) is 1. The minimum absolute atomic E-state index is 0.112. The van der Waals surface area contributed by atoms with Crippen LogP contribution in [0.2, 0.25) is 0 Å². The molecule has 0 unspecified atom stereocenters. The maximum Gasteiger partial charge on any atom is 0.229 e. The van der Waals surface area contributed by atoms with Gasteiger partial charge < -0.3 is 15.1 Å². The third-order valence-corrected chi connectivity index (χ3v) is 5.87. The number of anilines is 2. The van der Waals surface area contributed by atoms with Crippen LogP contribution in [0, 0.1) is 0 Å². The highest BCUT2D eigenvalue weighted by atomic mass is 16.1. The summed E-state index contributed by atoms with van der Waals surface area (Å²) in [5.41, 5.74) is 2.70. The Morgan fingerprint density at radius 2 is 1.79 bits per heavy atom. The summed E-state index contributed by atoms with van der Waals surface area (Å²) in [5.74, 6) is 1.33. The largest absolute Gasteiger partial charge is 0.354 e. The van der Waals surface area contributed by atoms with E-state index in [9.17, 15) is 4.79 Å². The molecule has 33 heavy (non-hydrogen) atoms. The molecule has 9 nitrogen and oxygen atoms in total. The van der Waals surface area contributed by atoms with Crippen molar-refractivity contribution >= 4 is 28.3 Å². The quantitative estimate of drug-likeness (QED) is 0.507. The van der Waals surface area contributed by atoms with E-state index >= 15 is 0 Å². The van der Waals surface area contributed by atoms with Crippen LogP contribution >= 0.6 is 0 Å². The molecule has 1 aliphatic rings. The molecule has 1 N–H and O–H groups in total. The summed E-state index contributed by atoms with van der Waals surface area (Å²) >= 11 is 0. The third kappa shape index (κ3) is 4.83. The van der Waals surface area contributed by atoms with Gasteiger partial charge in [-0.3, -0.25) is 14.5 Å². The first kappa shape index (κ1) is 21.0. The van der Waals surface area contributed by atoms with E-state index in [0.29, 0.717) is 5.82 Å². The number of hydrogen-bond donors (Lipinski definition) is 1. The Labute approximate surface area is 192 Å². The van der Waals surface area contributed by atoms with E-state index in [-0.39, 0.29) is 12.3 Å². The predicted octanol–water partition coefficient (Wildman–Crippen LogP) is 2.36. The molecule has 0 bridgehead atoms. The van der Waals surface area contributed by atoms with Crippen molar-refractivity contribution < 1.29 is 4.79 Å². The number of carbonyl (C=O) groups excluding carboxylic acids is 1. The van der Waals surface area contributed by atoms with Gasteiger partial charge in [0.15, 0.2) is 0 Å². The Balaban J connectivity index is 1.28. The zero-order chi connectivity index (χ0) is 22.8. The van der Waals surface area contributed by atoms with Gasteiger partial charge in [0.05, 0.1) is 18.3 Å². The second kappa shape index (κ2) is 8.95. The summed E-state index contributed by atoms with van der Waals surface area (Å²) in [6, 6.07) is 7.75. The third-order valence-electron chi connectivity index (χ3n) is 5.87. The number of fused-ring (bicyclic) bond motifs is 1. The lowest BCUT2D eigenvalue weighted by atomic mass is 10.1. The Morgan fingerprint density at radius 1 is 0.970 bits per heavy atom. The predicted molar refractivity (Wildman–Crippen MR) is 128 cm³/mol. The average Bonchev–Trinajstić information content (AvgIpc) is 3.25. The molecule has 0 aliphatic carbocycles. The van der Waals surface area contributed by atoms with Crippen molar-refractivity contribution in [3.8, 4) is 11.3 Å². The standard InChI is InChI=1S/C24H26N8O/c1-30-5-7-32(8-6-30)23-9-17(3-4-25-23)10-24(33)29-22-12-18-11-21(20-15-28-31(2)16-20)26-13-19(18)14-27-22/h3-4,9,11-16H,5-8,10H2,1-2H3,(H,27,29,33). The van der Waals surface area contributed by atoms with Crippen LogP contribution < -0.4 is 10.2 Å². The Bertz CT molecular complexity index is 1290. The van der Waals surface area contributed by atoms with Crippen molar-refractivity contribution in [1.29, 1.82) is 0 Å². The maximum absolute atomic E-state index is 12.7. The van der Waals surface area contributed by atoms with E-state index in [0.717, 1.165) is 59.6 Å². The minimum Gasteiger partial charge on any atom is -0.354 e. The Morgan fingerprint density at radius 3 is 2.58 bits per heavy atom. The molecule has 4 aromatic heterocycles. The van der Waals surface area contributed by atoms with Crippen LogP contribution in [0.4, 0.5) is 11.6 Å². The molecular weight excluding hydrogens is 416 g/mol. The number of nitrogens with zero attached hydrogens (tertiary/aromatic N) is 7. The molecule has 168 valence electrons. The number of aromatic nitrogens is 5. The molecule has 5 rings (SSSR count). The van der Waals surface area contributed by atoms with Gasteiger partial charge in [-0.15, -0.1) is 0 Å². The number of carbonyl (C=O) groups is 1. The molecule has 0 saturated carbocycles. The normalized spacial score (nSPS) is 14.5.